The third-order valence-electron chi connectivity index (χ3n) is 8.18. The van der Waals surface area contributed by atoms with Crippen LogP contribution in [0.25, 0.3) is 21.5 Å². The molecular formula is C40H30Cl2F6N6O2. The van der Waals surface area contributed by atoms with Crippen LogP contribution in [0.5, 0.6) is 0 Å². The number of nitrogens with one attached hydrogen (secondary N) is 2. The molecule has 0 unspecified atom stereocenters. The van der Waals surface area contributed by atoms with E-state index in [-0.39, 0.29) is 45.8 Å². The monoisotopic (exact) mass is 810 g/mol. The van der Waals surface area contributed by atoms with Crippen LogP contribution in [-0.2, 0) is 25.2 Å². The van der Waals surface area contributed by atoms with E-state index in [2.05, 4.69) is 44.2 Å². The van der Waals surface area contributed by atoms with Gasteiger partial charge in [0.2, 0.25) is 0 Å². The first kappa shape index (κ1) is 41.3. The van der Waals surface area contributed by atoms with Crippen LogP contribution < -0.4 is 10.6 Å². The second-order valence-corrected chi connectivity index (χ2v) is 12.9. The smallest absolute Gasteiger partial charge is 0.365 e. The normalized spacial score (nSPS) is 11.4. The van der Waals surface area contributed by atoms with Crippen molar-refractivity contribution in [3.05, 3.63) is 154 Å². The number of nitrogens with zero attached hydrogens (tertiary/aromatic N) is 4. The number of rotatable bonds is 12. The summed E-state index contributed by atoms with van der Waals surface area (Å²) in [5, 5.41) is 24.5. The minimum Gasteiger partial charge on any atom is -0.365 e. The number of hydrogen-bond donors (Lipinski definition) is 2. The van der Waals surface area contributed by atoms with Crippen molar-refractivity contribution in [3.8, 4) is 0 Å². The highest BCUT2D eigenvalue weighted by atomic mass is 35.5. The Morgan fingerprint density at radius 3 is 1.46 bits per heavy atom. The summed E-state index contributed by atoms with van der Waals surface area (Å²) in [6.07, 6.45) is -5.92. The van der Waals surface area contributed by atoms with Gasteiger partial charge in [0.15, 0.2) is 33.5 Å². The van der Waals surface area contributed by atoms with Crippen molar-refractivity contribution in [3.63, 3.8) is 0 Å². The van der Waals surface area contributed by atoms with Gasteiger partial charge in [0.25, 0.3) is 0 Å². The maximum Gasteiger partial charge on any atom is 0.416 e. The van der Waals surface area contributed by atoms with Gasteiger partial charge in [-0.15, -0.1) is 33.6 Å². The Morgan fingerprint density at radius 1 is 0.571 bits per heavy atom. The number of carbonyl (C=O) groups is 2. The number of halogens is 8. The van der Waals surface area contributed by atoms with Crippen LogP contribution in [0.15, 0.2) is 110 Å². The molecule has 2 heterocycles. The molecule has 6 aromatic rings. The zero-order valence-electron chi connectivity index (χ0n) is 29.1. The molecular weight excluding hydrogens is 781 g/mol. The predicted molar refractivity (Wildman–Crippen MR) is 205 cm³/mol. The molecule has 0 bridgehead atoms. The summed E-state index contributed by atoms with van der Waals surface area (Å²) in [5.41, 5.74) is -0.324. The summed E-state index contributed by atoms with van der Waals surface area (Å²) in [4.78, 5) is 25.2. The number of Topliss-reactive ketones (excluding diaryl/α,β-unsaturated/α-hetero) is 2. The molecule has 4 aromatic carbocycles. The number of aromatic nitrogens is 4. The molecule has 0 amide bonds. The van der Waals surface area contributed by atoms with Crippen LogP contribution in [0.1, 0.15) is 43.0 Å². The number of fused-ring (bicyclic) bond motifs is 2. The lowest BCUT2D eigenvalue weighted by molar-refractivity contribution is -0.138. The number of benzene rings is 4. The highest BCUT2D eigenvalue weighted by molar-refractivity contribution is 6.35. The molecule has 0 fully saturated rings. The Morgan fingerprint density at radius 2 is 1.00 bits per heavy atom. The maximum atomic E-state index is 12.9. The van der Waals surface area contributed by atoms with Crippen LogP contribution in [0.3, 0.4) is 0 Å². The highest BCUT2D eigenvalue weighted by Crippen LogP contribution is 2.32. The summed E-state index contributed by atoms with van der Waals surface area (Å²) in [7, 11) is 0. The molecule has 0 radical (unpaired) electrons. The van der Waals surface area contributed by atoms with E-state index in [1.165, 1.54) is 24.3 Å². The number of alkyl halides is 6. The summed E-state index contributed by atoms with van der Waals surface area (Å²) in [5.74, 6) is 0.294. The average molecular weight is 812 g/mol. The molecule has 6 rings (SSSR count). The molecule has 0 atom stereocenters. The fraction of sp³-hybridized carbons (Fsp3) is 0.150. The van der Waals surface area contributed by atoms with E-state index in [0.29, 0.717) is 57.4 Å². The second kappa shape index (κ2) is 17.7. The Labute approximate surface area is 326 Å². The van der Waals surface area contributed by atoms with Crippen molar-refractivity contribution >= 4 is 67.9 Å². The number of hydrogen-bond acceptors (Lipinski definition) is 8. The first-order valence-corrected chi connectivity index (χ1v) is 17.3. The molecule has 0 aliphatic rings. The van der Waals surface area contributed by atoms with Gasteiger partial charge in [0.1, 0.15) is 0 Å². The lowest BCUT2D eigenvalue weighted by Gasteiger charge is -2.10. The van der Waals surface area contributed by atoms with Gasteiger partial charge >= 0.3 is 12.4 Å². The lowest BCUT2D eigenvalue weighted by Crippen LogP contribution is -2.08. The largest absolute Gasteiger partial charge is 0.416 e. The number of anilines is 2. The lowest BCUT2D eigenvalue weighted by atomic mass is 9.99. The van der Waals surface area contributed by atoms with Crippen LogP contribution in [0.2, 0.25) is 10.3 Å². The molecule has 8 nitrogen and oxygen atoms in total. The molecule has 0 saturated carbocycles. The third kappa shape index (κ3) is 10.3. The van der Waals surface area contributed by atoms with Crippen LogP contribution in [-0.4, -0.2) is 45.1 Å². The fourth-order valence-corrected chi connectivity index (χ4v) is 5.88. The maximum absolute atomic E-state index is 12.9. The summed E-state index contributed by atoms with van der Waals surface area (Å²) < 4.78 is 77.1. The van der Waals surface area contributed by atoms with Gasteiger partial charge in [0, 0.05) is 58.6 Å². The Balaban J connectivity index is 0.000000214. The Kier molecular flexibility index (Phi) is 13.1. The second-order valence-electron chi connectivity index (χ2n) is 12.1. The molecule has 0 saturated heterocycles. The van der Waals surface area contributed by atoms with Gasteiger partial charge in [0.05, 0.1) is 11.1 Å². The molecule has 0 aliphatic heterocycles. The quantitative estimate of drug-likeness (QED) is 0.0714. The SMILES string of the molecule is C=CCNc1nnc(Cl)c2cc(C(=O)Cc3cccc(C(F)(F)F)c3)ccc12.C=CCNc1nnc(Cl)c2ccc(C(=O)Cc3cccc(C(F)(F)F)c3)cc12. The zero-order valence-corrected chi connectivity index (χ0v) is 30.6. The summed E-state index contributed by atoms with van der Waals surface area (Å²) >= 11 is 12.2. The number of ketones is 2. The fourth-order valence-electron chi connectivity index (χ4n) is 5.48. The zero-order chi connectivity index (χ0) is 40.6. The molecule has 2 aromatic heterocycles. The van der Waals surface area contributed by atoms with Gasteiger partial charge in [-0.2, -0.15) is 26.3 Å². The Bertz CT molecular complexity index is 2440. The van der Waals surface area contributed by atoms with Crippen molar-refractivity contribution in [1.29, 1.82) is 0 Å². The molecule has 16 heteroatoms. The van der Waals surface area contributed by atoms with Crippen molar-refractivity contribution < 1.29 is 35.9 Å². The number of carbonyl (C=O) groups excluding carboxylic acids is 2. The van der Waals surface area contributed by atoms with Gasteiger partial charge in [-0.3, -0.25) is 9.59 Å². The van der Waals surface area contributed by atoms with E-state index in [1.54, 1.807) is 48.6 Å². The summed E-state index contributed by atoms with van der Waals surface area (Å²) in [6.45, 7) is 8.15. The van der Waals surface area contributed by atoms with Crippen molar-refractivity contribution in [2.24, 2.45) is 0 Å². The van der Waals surface area contributed by atoms with E-state index in [0.717, 1.165) is 24.3 Å². The average Bonchev–Trinajstić information content (AvgIpc) is 3.17. The molecule has 2 N–H and O–H groups in total. The van der Waals surface area contributed by atoms with E-state index in [1.807, 2.05) is 0 Å². The minimum atomic E-state index is -4.46. The van der Waals surface area contributed by atoms with E-state index < -0.39 is 23.5 Å². The van der Waals surface area contributed by atoms with Crippen LogP contribution in [0.4, 0.5) is 38.0 Å². The van der Waals surface area contributed by atoms with E-state index >= 15 is 0 Å². The standard InChI is InChI=1S/2C20H15ClF3N3O/c1-2-8-25-19-15-7-6-13(11-16(15)18(21)26-27-19)17(28)10-12-4-3-5-14(9-12)20(22,23)24;1-2-8-25-19-16-11-13(6-7-15(16)18(21)26-27-19)17(28)10-12-4-3-5-14(9-12)20(22,23)24/h2*2-7,9,11H,1,8,10H2,(H,25,27). The molecule has 56 heavy (non-hydrogen) atoms. The first-order valence-electron chi connectivity index (χ1n) is 16.6. The molecule has 288 valence electrons. The van der Waals surface area contributed by atoms with Crippen molar-refractivity contribution in [1.82, 2.24) is 20.4 Å². The van der Waals surface area contributed by atoms with Gasteiger partial charge < -0.3 is 10.6 Å². The predicted octanol–water partition coefficient (Wildman–Crippen LogP) is 10.7. The van der Waals surface area contributed by atoms with Crippen LogP contribution >= 0.6 is 23.2 Å². The minimum absolute atomic E-state index is 0.132. The van der Waals surface area contributed by atoms with Crippen molar-refractivity contribution in [2.75, 3.05) is 23.7 Å². The van der Waals surface area contributed by atoms with E-state index in [9.17, 15) is 35.9 Å². The van der Waals surface area contributed by atoms with E-state index in [4.69, 9.17) is 23.2 Å². The molecule has 0 aliphatic carbocycles. The Hall–Kier alpha value is -5.86. The van der Waals surface area contributed by atoms with Gasteiger partial charge in [-0.05, 0) is 41.5 Å². The van der Waals surface area contributed by atoms with Crippen molar-refractivity contribution in [2.45, 2.75) is 25.2 Å². The summed E-state index contributed by atoms with van der Waals surface area (Å²) in [6, 6.07) is 19.1. The topological polar surface area (TPSA) is 110 Å². The first-order chi connectivity index (χ1) is 26.6. The van der Waals surface area contributed by atoms with Crippen LogP contribution in [0, 0.1) is 0 Å². The third-order valence-corrected chi connectivity index (χ3v) is 8.74. The highest BCUT2D eigenvalue weighted by Gasteiger charge is 2.31. The van der Waals surface area contributed by atoms with Gasteiger partial charge in [-0.25, -0.2) is 0 Å². The molecule has 0 spiro atoms. The van der Waals surface area contributed by atoms with Gasteiger partial charge in [-0.1, -0.05) is 90.0 Å².